The summed E-state index contributed by atoms with van der Waals surface area (Å²) in [6.07, 6.45) is 1.43. The Morgan fingerprint density at radius 2 is 1.80 bits per heavy atom. The maximum Gasteiger partial charge on any atom is 0.244 e. The fourth-order valence-electron chi connectivity index (χ4n) is 4.47. The number of imidazole rings is 1. The van der Waals surface area contributed by atoms with Gasteiger partial charge in [-0.3, -0.25) is 19.0 Å². The molecule has 1 aliphatic rings. The van der Waals surface area contributed by atoms with Gasteiger partial charge in [-0.15, -0.1) is 0 Å². The minimum atomic E-state index is -0.694. The molecule has 0 aliphatic carbocycles. The average Bonchev–Trinajstić information content (AvgIpc) is 3.35. The summed E-state index contributed by atoms with van der Waals surface area (Å²) in [5.74, 6) is -0.586. The van der Waals surface area contributed by atoms with Crippen LogP contribution < -0.4 is 26.6 Å². The Balaban J connectivity index is 1.54. The number of amides is 3. The topological polar surface area (TPSA) is 160 Å². The normalized spacial score (nSPS) is 15.2. The van der Waals surface area contributed by atoms with Crippen LogP contribution in [0.5, 0.6) is 0 Å². The van der Waals surface area contributed by atoms with Gasteiger partial charge in [-0.25, -0.2) is 15.0 Å². The number of hydrogen-bond donors (Lipinski definition) is 4. The maximum atomic E-state index is 13.2. The summed E-state index contributed by atoms with van der Waals surface area (Å²) in [6.45, 7) is 0.749. The molecule has 1 saturated heterocycles. The van der Waals surface area contributed by atoms with E-state index < -0.39 is 23.8 Å². The van der Waals surface area contributed by atoms with Gasteiger partial charge in [0.15, 0.2) is 17.0 Å². The second-order valence-electron chi connectivity index (χ2n) is 8.97. The first-order chi connectivity index (χ1) is 19.3. The Morgan fingerprint density at radius 1 is 1.02 bits per heavy atom. The summed E-state index contributed by atoms with van der Waals surface area (Å²) >= 11 is 12.7. The lowest BCUT2D eigenvalue weighted by Crippen LogP contribution is -2.59. The number of anilines is 1. The molecule has 14 heteroatoms. The molecule has 3 heterocycles. The van der Waals surface area contributed by atoms with E-state index in [9.17, 15) is 14.4 Å². The number of nitrogens with one attached hydrogen (secondary N) is 3. The molecule has 0 spiro atoms. The number of carbonyl (C=O) groups is 3. The molecule has 1 fully saturated rings. The van der Waals surface area contributed by atoms with Gasteiger partial charge >= 0.3 is 0 Å². The number of primary amides is 1. The smallest absolute Gasteiger partial charge is 0.244 e. The van der Waals surface area contributed by atoms with E-state index in [0.717, 1.165) is 5.69 Å². The summed E-state index contributed by atoms with van der Waals surface area (Å²) in [4.78, 5) is 52.0. The highest BCUT2D eigenvalue weighted by Gasteiger charge is 2.32. The number of carbonyl (C=O) groups excluding carboxylic acids is 3. The zero-order valence-corrected chi connectivity index (χ0v) is 22.6. The van der Waals surface area contributed by atoms with Gasteiger partial charge in [-0.2, -0.15) is 0 Å². The number of nitrogens with two attached hydrogens (primary N) is 1. The van der Waals surface area contributed by atoms with Crippen LogP contribution in [0.15, 0.2) is 54.9 Å². The summed E-state index contributed by atoms with van der Waals surface area (Å²) < 4.78 is 1.87. The van der Waals surface area contributed by atoms with Crippen molar-refractivity contribution in [3.8, 4) is 17.1 Å². The van der Waals surface area contributed by atoms with Crippen molar-refractivity contribution in [2.24, 2.45) is 5.73 Å². The van der Waals surface area contributed by atoms with E-state index in [1.807, 2.05) is 39.8 Å². The molecule has 2 aromatic heterocycles. The molecular formula is C26H25Cl2N9O3. The third-order valence-electron chi connectivity index (χ3n) is 6.33. The number of halogens is 2. The monoisotopic (exact) mass is 581 g/mol. The van der Waals surface area contributed by atoms with Crippen molar-refractivity contribution >= 4 is 57.9 Å². The van der Waals surface area contributed by atoms with Crippen molar-refractivity contribution in [3.63, 3.8) is 0 Å². The van der Waals surface area contributed by atoms with Crippen molar-refractivity contribution in [1.82, 2.24) is 35.5 Å². The van der Waals surface area contributed by atoms with E-state index in [4.69, 9.17) is 33.9 Å². The highest BCUT2D eigenvalue weighted by Crippen LogP contribution is 2.35. The number of nitrogens with zero attached hydrogens (tertiary/aromatic N) is 5. The molecule has 0 radical (unpaired) electrons. The van der Waals surface area contributed by atoms with Gasteiger partial charge < -0.3 is 26.6 Å². The fourth-order valence-corrected chi connectivity index (χ4v) is 4.82. The maximum absolute atomic E-state index is 13.2. The molecule has 1 aliphatic heterocycles. The molecule has 12 nitrogen and oxygen atoms in total. The van der Waals surface area contributed by atoms with Crippen LogP contribution >= 0.6 is 23.2 Å². The average molecular weight is 582 g/mol. The summed E-state index contributed by atoms with van der Waals surface area (Å²) in [5.41, 5.74) is 7.51. The van der Waals surface area contributed by atoms with Gasteiger partial charge in [0, 0.05) is 35.9 Å². The molecule has 4 aromatic rings. The van der Waals surface area contributed by atoms with E-state index in [-0.39, 0.29) is 13.1 Å². The lowest BCUT2D eigenvalue weighted by Gasteiger charge is -2.35. The Kier molecular flexibility index (Phi) is 8.10. The van der Waals surface area contributed by atoms with Gasteiger partial charge in [0.25, 0.3) is 0 Å². The highest BCUT2D eigenvalue weighted by molar-refractivity contribution is 6.33. The molecule has 1 unspecified atom stereocenters. The third-order valence-corrected chi connectivity index (χ3v) is 6.91. The highest BCUT2D eigenvalue weighted by atomic mass is 35.5. The molecule has 1 atom stereocenters. The summed E-state index contributed by atoms with van der Waals surface area (Å²) in [5, 5.41) is 9.27. The van der Waals surface area contributed by atoms with Gasteiger partial charge in [-0.1, -0.05) is 35.3 Å². The zero-order chi connectivity index (χ0) is 28.2. The largest absolute Gasteiger partial charge is 0.368 e. The first-order valence-corrected chi connectivity index (χ1v) is 13.1. The van der Waals surface area contributed by atoms with Crippen LogP contribution in [0, 0.1) is 0 Å². The molecule has 0 saturated carbocycles. The summed E-state index contributed by atoms with van der Waals surface area (Å²) in [7, 11) is 0. The molecule has 0 bridgehead atoms. The minimum Gasteiger partial charge on any atom is -0.368 e. The summed E-state index contributed by atoms with van der Waals surface area (Å²) in [6, 6.07) is 13.9. The lowest BCUT2D eigenvalue weighted by molar-refractivity contribution is -0.127. The van der Waals surface area contributed by atoms with Gasteiger partial charge in [0.1, 0.15) is 18.2 Å². The zero-order valence-electron chi connectivity index (χ0n) is 21.1. The lowest BCUT2D eigenvalue weighted by atomic mass is 10.1. The van der Waals surface area contributed by atoms with E-state index in [0.29, 0.717) is 58.0 Å². The van der Waals surface area contributed by atoms with Gasteiger partial charge in [0.2, 0.25) is 17.7 Å². The number of rotatable bonds is 8. The standard InChI is InChI=1S/C26H25Cl2N9O3/c27-15-5-7-16(8-6-15)37-23(17-3-1-2-4-18(17)28)35-22-24(33-14-34-25(22)37)36-10-9-30-11-19(36)26(40)32-13-21(39)31-12-20(29)38/h1-8,14,19,30H,9-13H2,(H2,29,38)(H,31,39)(H,32,40). The SMILES string of the molecule is NC(=O)CNC(=O)CNC(=O)C1CNCCN1c1ncnc2c1nc(-c1ccccc1Cl)n2-c1ccc(Cl)cc1. The number of piperazine rings is 1. The van der Waals surface area contributed by atoms with Crippen LogP contribution in [-0.2, 0) is 14.4 Å². The van der Waals surface area contributed by atoms with E-state index in [1.165, 1.54) is 6.33 Å². The van der Waals surface area contributed by atoms with Crippen molar-refractivity contribution < 1.29 is 14.4 Å². The molecule has 3 amide bonds. The second-order valence-corrected chi connectivity index (χ2v) is 9.81. The van der Waals surface area contributed by atoms with Crippen LogP contribution in [0.1, 0.15) is 0 Å². The molecular weight excluding hydrogens is 557 g/mol. The first kappa shape index (κ1) is 27.3. The number of benzene rings is 2. The van der Waals surface area contributed by atoms with Crippen molar-refractivity contribution in [2.75, 3.05) is 37.6 Å². The Morgan fingerprint density at radius 3 is 2.55 bits per heavy atom. The Labute approximate surface area is 238 Å². The van der Waals surface area contributed by atoms with Crippen LogP contribution in [0.2, 0.25) is 10.0 Å². The van der Waals surface area contributed by atoms with Crippen LogP contribution in [0.3, 0.4) is 0 Å². The number of aromatic nitrogens is 4. The van der Waals surface area contributed by atoms with Crippen molar-refractivity contribution in [3.05, 3.63) is 64.9 Å². The fraction of sp³-hybridized carbons (Fsp3) is 0.231. The Bertz CT molecular complexity index is 1580. The molecule has 206 valence electrons. The van der Waals surface area contributed by atoms with Crippen LogP contribution in [0.4, 0.5) is 5.82 Å². The van der Waals surface area contributed by atoms with Crippen LogP contribution in [0.25, 0.3) is 28.2 Å². The Hall–Kier alpha value is -4.26. The van der Waals surface area contributed by atoms with Crippen molar-refractivity contribution in [2.45, 2.75) is 6.04 Å². The van der Waals surface area contributed by atoms with Gasteiger partial charge in [-0.05, 0) is 36.4 Å². The molecule has 40 heavy (non-hydrogen) atoms. The molecule has 5 rings (SSSR count). The number of fused-ring (bicyclic) bond motifs is 1. The molecule has 5 N–H and O–H groups in total. The minimum absolute atomic E-state index is 0.308. The predicted octanol–water partition coefficient (Wildman–Crippen LogP) is 1.29. The molecule has 2 aromatic carbocycles. The predicted molar refractivity (Wildman–Crippen MR) is 151 cm³/mol. The number of hydrogen-bond acceptors (Lipinski definition) is 8. The van der Waals surface area contributed by atoms with E-state index in [1.54, 1.807) is 18.2 Å². The van der Waals surface area contributed by atoms with Gasteiger partial charge in [0.05, 0.1) is 18.1 Å². The van der Waals surface area contributed by atoms with E-state index >= 15 is 0 Å². The van der Waals surface area contributed by atoms with Crippen molar-refractivity contribution in [1.29, 1.82) is 0 Å². The second kappa shape index (κ2) is 11.9. The quantitative estimate of drug-likeness (QED) is 0.242. The first-order valence-electron chi connectivity index (χ1n) is 12.4. The van der Waals surface area contributed by atoms with E-state index in [2.05, 4.69) is 25.9 Å². The third kappa shape index (κ3) is 5.69. The van der Waals surface area contributed by atoms with Crippen LogP contribution in [-0.4, -0.2) is 76.0 Å².